The van der Waals surface area contributed by atoms with Gasteiger partial charge in [-0.05, 0) is 17.4 Å². The molecule has 0 aliphatic carbocycles. The maximum atomic E-state index is 6.05. The van der Waals surface area contributed by atoms with Gasteiger partial charge in [-0.15, -0.1) is 11.3 Å². The van der Waals surface area contributed by atoms with E-state index in [0.717, 1.165) is 17.6 Å². The van der Waals surface area contributed by atoms with Crippen LogP contribution in [-0.4, -0.2) is 16.0 Å². The van der Waals surface area contributed by atoms with E-state index < -0.39 is 0 Å². The number of nitrogens with zero attached hydrogens (tertiary/aromatic N) is 2. The first kappa shape index (κ1) is 10.5. The van der Waals surface area contributed by atoms with E-state index in [0.29, 0.717) is 5.92 Å². The Morgan fingerprint density at radius 2 is 2.20 bits per heavy atom. The Balaban J connectivity index is 2.31. The second kappa shape index (κ2) is 4.24. The standard InChI is InChI=1S/C11H15N3S/c1-7(2)8(12)5-10-11-9(3-4-15-11)13-6-14-10/h3-4,6-8H,5,12H2,1-2H3. The Bertz CT molecular complexity index is 450. The van der Waals surface area contributed by atoms with Crippen LogP contribution in [0.5, 0.6) is 0 Å². The smallest absolute Gasteiger partial charge is 0.116 e. The highest BCUT2D eigenvalue weighted by Crippen LogP contribution is 2.22. The molecule has 3 nitrogen and oxygen atoms in total. The van der Waals surface area contributed by atoms with Gasteiger partial charge in [-0.25, -0.2) is 9.97 Å². The molecule has 80 valence electrons. The van der Waals surface area contributed by atoms with Crippen molar-refractivity contribution in [2.24, 2.45) is 11.7 Å². The normalized spacial score (nSPS) is 13.6. The van der Waals surface area contributed by atoms with Crippen LogP contribution in [-0.2, 0) is 6.42 Å². The topological polar surface area (TPSA) is 51.8 Å². The van der Waals surface area contributed by atoms with E-state index >= 15 is 0 Å². The summed E-state index contributed by atoms with van der Waals surface area (Å²) < 4.78 is 1.17. The van der Waals surface area contributed by atoms with Crippen LogP contribution in [0, 0.1) is 5.92 Å². The van der Waals surface area contributed by atoms with Crippen LogP contribution in [0.25, 0.3) is 10.2 Å². The lowest BCUT2D eigenvalue weighted by Gasteiger charge is -2.14. The SMILES string of the molecule is CC(C)C(N)Cc1ncnc2ccsc12. The molecule has 0 bridgehead atoms. The zero-order valence-electron chi connectivity index (χ0n) is 8.97. The monoisotopic (exact) mass is 221 g/mol. The number of nitrogens with two attached hydrogens (primary N) is 1. The van der Waals surface area contributed by atoms with Crippen molar-refractivity contribution < 1.29 is 0 Å². The maximum Gasteiger partial charge on any atom is 0.116 e. The zero-order valence-corrected chi connectivity index (χ0v) is 9.79. The van der Waals surface area contributed by atoms with Crippen LogP contribution in [0.3, 0.4) is 0 Å². The zero-order chi connectivity index (χ0) is 10.8. The molecule has 0 aliphatic rings. The Hall–Kier alpha value is -1.000. The molecule has 2 rings (SSSR count). The number of fused-ring (bicyclic) bond motifs is 1. The molecule has 0 saturated carbocycles. The number of thiophene rings is 1. The van der Waals surface area contributed by atoms with E-state index in [1.165, 1.54) is 4.70 Å². The van der Waals surface area contributed by atoms with Crippen molar-refractivity contribution in [1.29, 1.82) is 0 Å². The summed E-state index contributed by atoms with van der Waals surface area (Å²) in [5, 5.41) is 2.05. The summed E-state index contributed by atoms with van der Waals surface area (Å²) in [6, 6.07) is 2.19. The van der Waals surface area contributed by atoms with E-state index in [9.17, 15) is 0 Å². The van der Waals surface area contributed by atoms with Crippen LogP contribution < -0.4 is 5.73 Å². The highest BCUT2D eigenvalue weighted by molar-refractivity contribution is 7.17. The first-order chi connectivity index (χ1) is 7.18. The molecule has 0 amide bonds. The summed E-state index contributed by atoms with van der Waals surface area (Å²) in [4.78, 5) is 8.53. The minimum absolute atomic E-state index is 0.171. The summed E-state index contributed by atoms with van der Waals surface area (Å²) >= 11 is 1.69. The van der Waals surface area contributed by atoms with Gasteiger partial charge in [0, 0.05) is 12.5 Å². The van der Waals surface area contributed by atoms with Gasteiger partial charge in [0.05, 0.1) is 15.9 Å². The third-order valence-corrected chi connectivity index (χ3v) is 3.55. The van der Waals surface area contributed by atoms with Gasteiger partial charge < -0.3 is 5.73 Å². The molecule has 0 spiro atoms. The number of hydrogen-bond acceptors (Lipinski definition) is 4. The fourth-order valence-electron chi connectivity index (χ4n) is 1.44. The molecule has 0 radical (unpaired) electrons. The first-order valence-electron chi connectivity index (χ1n) is 5.11. The summed E-state index contributed by atoms with van der Waals surface area (Å²) in [6.07, 6.45) is 2.45. The van der Waals surface area contributed by atoms with Crippen LogP contribution in [0.2, 0.25) is 0 Å². The van der Waals surface area contributed by atoms with Gasteiger partial charge in [0.25, 0.3) is 0 Å². The second-order valence-electron chi connectivity index (χ2n) is 4.07. The average Bonchev–Trinajstić information content (AvgIpc) is 2.66. The molecule has 2 heterocycles. The van der Waals surface area contributed by atoms with E-state index in [1.54, 1.807) is 17.7 Å². The third-order valence-electron chi connectivity index (χ3n) is 2.60. The predicted molar refractivity (Wildman–Crippen MR) is 63.9 cm³/mol. The summed E-state index contributed by atoms with van der Waals surface area (Å²) in [6.45, 7) is 4.27. The van der Waals surface area contributed by atoms with Crippen LogP contribution in [0.1, 0.15) is 19.5 Å². The molecule has 0 saturated heterocycles. The summed E-state index contributed by atoms with van der Waals surface area (Å²) in [7, 11) is 0. The van der Waals surface area contributed by atoms with Gasteiger partial charge in [0.1, 0.15) is 6.33 Å². The molecule has 4 heteroatoms. The lowest BCUT2D eigenvalue weighted by atomic mass is 10.0. The molecule has 0 aliphatic heterocycles. The van der Waals surface area contributed by atoms with Gasteiger partial charge >= 0.3 is 0 Å². The maximum absolute atomic E-state index is 6.05. The largest absolute Gasteiger partial charge is 0.327 e. The van der Waals surface area contributed by atoms with Crippen molar-refractivity contribution in [3.8, 4) is 0 Å². The van der Waals surface area contributed by atoms with Crippen molar-refractivity contribution in [2.75, 3.05) is 0 Å². The molecule has 0 aromatic carbocycles. The average molecular weight is 221 g/mol. The van der Waals surface area contributed by atoms with E-state index in [4.69, 9.17) is 5.73 Å². The highest BCUT2D eigenvalue weighted by atomic mass is 32.1. The quantitative estimate of drug-likeness (QED) is 0.864. The van der Waals surface area contributed by atoms with E-state index in [1.807, 2.05) is 11.4 Å². The van der Waals surface area contributed by atoms with Gasteiger partial charge in [0.15, 0.2) is 0 Å². The third kappa shape index (κ3) is 2.16. The van der Waals surface area contributed by atoms with E-state index in [-0.39, 0.29) is 6.04 Å². The van der Waals surface area contributed by atoms with Crippen molar-refractivity contribution in [1.82, 2.24) is 9.97 Å². The van der Waals surface area contributed by atoms with Crippen LogP contribution in [0.4, 0.5) is 0 Å². The Morgan fingerprint density at radius 1 is 1.40 bits per heavy atom. The molecule has 2 aromatic rings. The number of hydrogen-bond donors (Lipinski definition) is 1. The lowest BCUT2D eigenvalue weighted by molar-refractivity contribution is 0.488. The fraction of sp³-hybridized carbons (Fsp3) is 0.455. The Kier molecular flexibility index (Phi) is 2.98. The first-order valence-corrected chi connectivity index (χ1v) is 5.99. The summed E-state index contributed by atoms with van der Waals surface area (Å²) in [5.41, 5.74) is 8.16. The number of rotatable bonds is 3. The number of aromatic nitrogens is 2. The molecule has 2 aromatic heterocycles. The van der Waals surface area contributed by atoms with Crippen LogP contribution >= 0.6 is 11.3 Å². The van der Waals surface area contributed by atoms with Crippen molar-refractivity contribution in [3.05, 3.63) is 23.5 Å². The second-order valence-corrected chi connectivity index (χ2v) is 4.98. The molecular weight excluding hydrogens is 206 g/mol. The minimum Gasteiger partial charge on any atom is -0.327 e. The molecular formula is C11H15N3S. The van der Waals surface area contributed by atoms with Gasteiger partial charge in [-0.2, -0.15) is 0 Å². The Morgan fingerprint density at radius 3 is 2.93 bits per heavy atom. The molecule has 2 N–H and O–H groups in total. The molecule has 1 unspecified atom stereocenters. The molecule has 0 fully saturated rings. The van der Waals surface area contributed by atoms with Gasteiger partial charge in [-0.3, -0.25) is 0 Å². The predicted octanol–water partition coefficient (Wildman–Crippen LogP) is 2.22. The summed E-state index contributed by atoms with van der Waals surface area (Å²) in [5.74, 6) is 0.481. The van der Waals surface area contributed by atoms with E-state index in [2.05, 4.69) is 23.8 Å². The minimum atomic E-state index is 0.171. The lowest BCUT2D eigenvalue weighted by Crippen LogP contribution is -2.29. The van der Waals surface area contributed by atoms with Gasteiger partial charge in [0.2, 0.25) is 0 Å². The highest BCUT2D eigenvalue weighted by Gasteiger charge is 2.12. The fourth-order valence-corrected chi connectivity index (χ4v) is 2.29. The Labute approximate surface area is 93.4 Å². The van der Waals surface area contributed by atoms with Gasteiger partial charge in [-0.1, -0.05) is 13.8 Å². The van der Waals surface area contributed by atoms with Crippen molar-refractivity contribution in [2.45, 2.75) is 26.3 Å². The molecule has 1 atom stereocenters. The van der Waals surface area contributed by atoms with Crippen molar-refractivity contribution >= 4 is 21.6 Å². The van der Waals surface area contributed by atoms with Crippen LogP contribution in [0.15, 0.2) is 17.8 Å². The molecule has 15 heavy (non-hydrogen) atoms. The van der Waals surface area contributed by atoms with Crippen molar-refractivity contribution in [3.63, 3.8) is 0 Å².